The highest BCUT2D eigenvalue weighted by atomic mass is 19.1. The SMILES string of the molecule is Cn1nnc2c(C(=O)NC3CC(c4ccc(F)cc4F)C3)ccnc21. The normalized spacial score (nSPS) is 19.6. The highest BCUT2D eigenvalue weighted by molar-refractivity contribution is 6.03. The number of nitrogens with zero attached hydrogens (tertiary/aromatic N) is 4. The largest absolute Gasteiger partial charge is 0.349 e. The number of nitrogens with one attached hydrogen (secondary N) is 1. The van der Waals surface area contributed by atoms with Gasteiger partial charge in [-0.15, -0.1) is 5.10 Å². The fraction of sp³-hybridized carbons (Fsp3) is 0.294. The van der Waals surface area contributed by atoms with E-state index in [1.807, 2.05) is 0 Å². The summed E-state index contributed by atoms with van der Waals surface area (Å²) < 4.78 is 28.3. The van der Waals surface area contributed by atoms with Crippen LogP contribution in [0.25, 0.3) is 11.2 Å². The summed E-state index contributed by atoms with van der Waals surface area (Å²) in [5, 5.41) is 10.8. The van der Waals surface area contributed by atoms with Crippen molar-refractivity contribution in [2.45, 2.75) is 24.8 Å². The molecule has 0 saturated heterocycles. The Morgan fingerprint density at radius 1 is 1.28 bits per heavy atom. The number of aromatic nitrogens is 4. The van der Waals surface area contributed by atoms with E-state index in [0.717, 1.165) is 6.07 Å². The van der Waals surface area contributed by atoms with Crippen LogP contribution in [0.3, 0.4) is 0 Å². The third-order valence-corrected chi connectivity index (χ3v) is 4.61. The van der Waals surface area contributed by atoms with E-state index in [1.165, 1.54) is 23.0 Å². The number of carbonyl (C=O) groups is 1. The maximum Gasteiger partial charge on any atom is 0.253 e. The zero-order valence-corrected chi connectivity index (χ0v) is 13.4. The van der Waals surface area contributed by atoms with E-state index in [9.17, 15) is 13.6 Å². The standard InChI is InChI=1S/C17H15F2N5O/c1-24-16-15(22-23-24)13(4-5-20-16)17(25)21-11-6-9(7-11)12-3-2-10(18)8-14(12)19/h2-5,8-9,11H,6-7H2,1H3,(H,21,25). The lowest BCUT2D eigenvalue weighted by atomic mass is 9.75. The average Bonchev–Trinajstić information content (AvgIpc) is 2.93. The fourth-order valence-electron chi connectivity index (χ4n) is 3.20. The monoisotopic (exact) mass is 343 g/mol. The van der Waals surface area contributed by atoms with Crippen molar-refractivity contribution in [2.24, 2.45) is 7.05 Å². The van der Waals surface area contributed by atoms with Crippen LogP contribution < -0.4 is 5.32 Å². The second-order valence-corrected chi connectivity index (χ2v) is 6.25. The number of halogens is 2. The number of hydrogen-bond donors (Lipinski definition) is 1. The molecule has 8 heteroatoms. The van der Waals surface area contributed by atoms with Gasteiger partial charge in [0.25, 0.3) is 5.91 Å². The molecule has 0 aliphatic heterocycles. The van der Waals surface area contributed by atoms with Crippen molar-refractivity contribution in [1.29, 1.82) is 0 Å². The summed E-state index contributed by atoms with van der Waals surface area (Å²) in [7, 11) is 1.71. The predicted octanol–water partition coefficient (Wildman–Crippen LogP) is 2.32. The Labute approximate surface area is 141 Å². The second kappa shape index (κ2) is 5.87. The molecule has 0 radical (unpaired) electrons. The number of aryl methyl sites for hydroxylation is 1. The van der Waals surface area contributed by atoms with Gasteiger partial charge >= 0.3 is 0 Å². The van der Waals surface area contributed by atoms with Gasteiger partial charge in [-0.25, -0.2) is 18.4 Å². The minimum atomic E-state index is -0.587. The van der Waals surface area contributed by atoms with E-state index in [1.54, 1.807) is 13.1 Å². The highest BCUT2D eigenvalue weighted by Crippen LogP contribution is 2.38. The van der Waals surface area contributed by atoms with Gasteiger partial charge in [-0.05, 0) is 36.5 Å². The predicted molar refractivity (Wildman–Crippen MR) is 85.9 cm³/mol. The molecule has 6 nitrogen and oxygen atoms in total. The van der Waals surface area contributed by atoms with Gasteiger partial charge in [0.15, 0.2) is 5.65 Å². The first-order valence-electron chi connectivity index (χ1n) is 7.93. The van der Waals surface area contributed by atoms with Crippen LogP contribution in [-0.4, -0.2) is 31.9 Å². The number of carbonyl (C=O) groups excluding carboxylic acids is 1. The molecule has 1 amide bonds. The molecule has 3 aromatic rings. The molecule has 0 bridgehead atoms. The smallest absolute Gasteiger partial charge is 0.253 e. The molecule has 0 unspecified atom stereocenters. The maximum atomic E-state index is 13.8. The van der Waals surface area contributed by atoms with Gasteiger partial charge in [0, 0.05) is 25.4 Å². The van der Waals surface area contributed by atoms with Gasteiger partial charge in [0.2, 0.25) is 0 Å². The van der Waals surface area contributed by atoms with Crippen LogP contribution in [0.5, 0.6) is 0 Å². The second-order valence-electron chi connectivity index (χ2n) is 6.25. The van der Waals surface area contributed by atoms with Crippen molar-refractivity contribution >= 4 is 17.1 Å². The van der Waals surface area contributed by atoms with Crippen molar-refractivity contribution in [3.63, 3.8) is 0 Å². The van der Waals surface area contributed by atoms with Gasteiger partial charge in [-0.2, -0.15) is 0 Å². The van der Waals surface area contributed by atoms with Gasteiger partial charge in [-0.1, -0.05) is 11.3 Å². The van der Waals surface area contributed by atoms with E-state index >= 15 is 0 Å². The number of pyridine rings is 1. The Morgan fingerprint density at radius 2 is 2.08 bits per heavy atom. The minimum absolute atomic E-state index is 0.0140. The number of benzene rings is 1. The molecular formula is C17H15F2N5O. The lowest BCUT2D eigenvalue weighted by Crippen LogP contribution is -2.43. The summed E-state index contributed by atoms with van der Waals surface area (Å²) in [5.41, 5.74) is 1.89. The Bertz CT molecular complexity index is 965. The van der Waals surface area contributed by atoms with Crippen LogP contribution in [0.15, 0.2) is 30.5 Å². The minimum Gasteiger partial charge on any atom is -0.349 e. The molecule has 25 heavy (non-hydrogen) atoms. The average molecular weight is 343 g/mol. The Hall–Kier alpha value is -2.90. The summed E-state index contributed by atoms with van der Waals surface area (Å²) >= 11 is 0. The molecule has 0 atom stereocenters. The third kappa shape index (κ3) is 2.73. The van der Waals surface area contributed by atoms with Gasteiger partial charge in [-0.3, -0.25) is 4.79 Å². The summed E-state index contributed by atoms with van der Waals surface area (Å²) in [6.07, 6.45) is 2.77. The van der Waals surface area contributed by atoms with Gasteiger partial charge < -0.3 is 5.32 Å². The first kappa shape index (κ1) is 15.6. The molecule has 0 spiro atoms. The lowest BCUT2D eigenvalue weighted by molar-refractivity contribution is 0.0910. The third-order valence-electron chi connectivity index (χ3n) is 4.61. The number of hydrogen-bond acceptors (Lipinski definition) is 4. The Kier molecular flexibility index (Phi) is 3.67. The number of rotatable bonds is 3. The van der Waals surface area contributed by atoms with Crippen LogP contribution in [0, 0.1) is 11.6 Å². The molecule has 128 valence electrons. The maximum absolute atomic E-state index is 13.8. The van der Waals surface area contributed by atoms with E-state index in [-0.39, 0.29) is 17.9 Å². The van der Waals surface area contributed by atoms with Crippen LogP contribution in [0.1, 0.15) is 34.7 Å². The van der Waals surface area contributed by atoms with Crippen molar-refractivity contribution in [3.05, 3.63) is 53.2 Å². The summed E-state index contributed by atoms with van der Waals surface area (Å²) in [4.78, 5) is 16.6. The molecule has 4 rings (SSSR count). The van der Waals surface area contributed by atoms with Crippen LogP contribution in [0.4, 0.5) is 8.78 Å². The van der Waals surface area contributed by atoms with Gasteiger partial charge in [0.05, 0.1) is 5.56 Å². The Morgan fingerprint density at radius 3 is 2.84 bits per heavy atom. The summed E-state index contributed by atoms with van der Waals surface area (Å²) in [6, 6.07) is 5.16. The fourth-order valence-corrected chi connectivity index (χ4v) is 3.20. The van der Waals surface area contributed by atoms with Crippen molar-refractivity contribution in [1.82, 2.24) is 25.3 Å². The topological polar surface area (TPSA) is 72.7 Å². The van der Waals surface area contributed by atoms with Crippen molar-refractivity contribution < 1.29 is 13.6 Å². The Balaban J connectivity index is 1.44. The molecule has 1 N–H and O–H groups in total. The van der Waals surface area contributed by atoms with E-state index in [2.05, 4.69) is 20.6 Å². The molecule has 1 saturated carbocycles. The molecular weight excluding hydrogens is 328 g/mol. The molecule has 2 aromatic heterocycles. The van der Waals surface area contributed by atoms with Gasteiger partial charge in [0.1, 0.15) is 17.2 Å². The van der Waals surface area contributed by atoms with E-state index in [0.29, 0.717) is 35.1 Å². The summed E-state index contributed by atoms with van der Waals surface area (Å²) in [6.45, 7) is 0. The molecule has 1 aromatic carbocycles. The van der Waals surface area contributed by atoms with Crippen LogP contribution in [-0.2, 0) is 7.05 Å². The zero-order valence-electron chi connectivity index (χ0n) is 13.4. The molecule has 1 aliphatic carbocycles. The molecule has 1 fully saturated rings. The number of amides is 1. The van der Waals surface area contributed by atoms with Crippen LogP contribution >= 0.6 is 0 Å². The zero-order chi connectivity index (χ0) is 17.6. The molecule has 1 aliphatic rings. The highest BCUT2D eigenvalue weighted by Gasteiger charge is 2.33. The lowest BCUT2D eigenvalue weighted by Gasteiger charge is -2.36. The first-order chi connectivity index (χ1) is 12.0. The number of fused-ring (bicyclic) bond motifs is 1. The van der Waals surface area contributed by atoms with E-state index < -0.39 is 11.6 Å². The first-order valence-corrected chi connectivity index (χ1v) is 7.93. The van der Waals surface area contributed by atoms with Crippen LogP contribution in [0.2, 0.25) is 0 Å². The quantitative estimate of drug-likeness (QED) is 0.792. The molecule has 2 heterocycles. The van der Waals surface area contributed by atoms with Crippen molar-refractivity contribution in [2.75, 3.05) is 0 Å². The van der Waals surface area contributed by atoms with Crippen molar-refractivity contribution in [3.8, 4) is 0 Å². The summed E-state index contributed by atoms with van der Waals surface area (Å²) in [5.74, 6) is -1.39. The van der Waals surface area contributed by atoms with E-state index in [4.69, 9.17) is 0 Å².